The molecule has 0 radical (unpaired) electrons. The summed E-state index contributed by atoms with van der Waals surface area (Å²) in [6.45, 7) is 6.29. The lowest BCUT2D eigenvalue weighted by Crippen LogP contribution is -2.45. The van der Waals surface area contributed by atoms with E-state index in [0.29, 0.717) is 0 Å². The van der Waals surface area contributed by atoms with E-state index in [0.717, 1.165) is 0 Å². The molecule has 0 aliphatic heterocycles. The van der Waals surface area contributed by atoms with Gasteiger partial charge in [0.1, 0.15) is 18.2 Å². The van der Waals surface area contributed by atoms with Crippen molar-refractivity contribution in [1.82, 2.24) is 10.6 Å². The number of ether oxygens (including phenoxy) is 2. The molecule has 0 heterocycles. The fourth-order valence-corrected chi connectivity index (χ4v) is 1.23. The Balaban J connectivity index is 4.05. The van der Waals surface area contributed by atoms with Crippen LogP contribution in [0.5, 0.6) is 0 Å². The Labute approximate surface area is 137 Å². The number of esters is 1. The summed E-state index contributed by atoms with van der Waals surface area (Å²) < 4.78 is 12.3. The van der Waals surface area contributed by atoms with Crippen LogP contribution in [0.25, 0.3) is 0 Å². The van der Waals surface area contributed by atoms with Gasteiger partial charge in [-0.25, -0.2) is 9.59 Å². The van der Waals surface area contributed by atoms with E-state index in [-0.39, 0.29) is 13.2 Å². The molecule has 2 amide bonds. The second-order valence-corrected chi connectivity index (χ2v) is 5.56. The predicted molar refractivity (Wildman–Crippen MR) is 84.6 cm³/mol. The van der Waals surface area contributed by atoms with E-state index in [4.69, 9.17) is 9.47 Å². The monoisotopic (exact) mass is 410 g/mol. The lowest BCUT2D eigenvalue weighted by Gasteiger charge is -2.19. The van der Waals surface area contributed by atoms with Crippen LogP contribution in [0.4, 0.5) is 4.79 Å². The zero-order valence-corrected chi connectivity index (χ0v) is 14.6. The number of amides is 2. The highest BCUT2D eigenvalue weighted by atomic mass is 127. The van der Waals surface area contributed by atoms with E-state index in [1.165, 1.54) is 6.92 Å². The Morgan fingerprint density at radius 1 is 1.29 bits per heavy atom. The topological polar surface area (TPSA) is 93.7 Å². The smallest absolute Gasteiger partial charge is 0.408 e. The third kappa shape index (κ3) is 10.9. The number of nitrogens with one attached hydrogen (secondary N) is 2. The molecule has 0 aliphatic rings. The summed E-state index contributed by atoms with van der Waals surface area (Å²) >= 11 is 1.82. The molecule has 2 N–H and O–H groups in total. The molecule has 0 saturated carbocycles. The van der Waals surface area contributed by atoms with E-state index in [1.807, 2.05) is 22.6 Å². The van der Waals surface area contributed by atoms with Crippen molar-refractivity contribution in [1.29, 1.82) is 0 Å². The van der Waals surface area contributed by atoms with Crippen LogP contribution in [0.2, 0.25) is 0 Å². The normalized spacial score (nSPS) is 11.5. The van der Waals surface area contributed by atoms with Gasteiger partial charge >= 0.3 is 12.1 Å². The fraction of sp³-hybridized carbons (Fsp3) is 0.615. The van der Waals surface area contributed by atoms with Gasteiger partial charge in [-0.15, -0.1) is 0 Å². The lowest BCUT2D eigenvalue weighted by atomic mass is 10.2. The molecular weight excluding hydrogens is 391 g/mol. The van der Waals surface area contributed by atoms with Crippen molar-refractivity contribution in [2.45, 2.75) is 39.3 Å². The van der Waals surface area contributed by atoms with E-state index in [2.05, 4.69) is 20.5 Å². The second-order valence-electron chi connectivity index (χ2n) is 5.02. The Morgan fingerprint density at radius 2 is 1.90 bits per heavy atom. The van der Waals surface area contributed by atoms with Crippen LogP contribution in [-0.4, -0.2) is 42.8 Å². The van der Waals surface area contributed by atoms with E-state index >= 15 is 0 Å². The summed E-state index contributed by atoms with van der Waals surface area (Å²) in [6, 6.07) is -0.825. The van der Waals surface area contributed by atoms with Gasteiger partial charge in [0.25, 0.3) is 0 Å². The van der Waals surface area contributed by atoms with Crippen LogP contribution in [-0.2, 0) is 19.1 Å². The first-order valence-corrected chi connectivity index (χ1v) is 7.25. The number of carbonyl (C=O) groups is 3. The maximum Gasteiger partial charge on any atom is 0.408 e. The molecule has 0 spiro atoms. The molecule has 0 aromatic rings. The number of alkyl carbamates (subject to hydrolysis) is 1. The van der Waals surface area contributed by atoms with Crippen molar-refractivity contribution < 1.29 is 23.9 Å². The largest absolute Gasteiger partial charge is 0.451 e. The van der Waals surface area contributed by atoms with E-state index < -0.39 is 29.6 Å². The van der Waals surface area contributed by atoms with Gasteiger partial charge in [0, 0.05) is 22.6 Å². The van der Waals surface area contributed by atoms with Gasteiger partial charge in [-0.1, -0.05) is 5.92 Å². The first-order chi connectivity index (χ1) is 9.65. The summed E-state index contributed by atoms with van der Waals surface area (Å²) in [6.07, 6.45) is -0.704. The van der Waals surface area contributed by atoms with Crippen LogP contribution < -0.4 is 10.6 Å². The average molecular weight is 410 g/mol. The lowest BCUT2D eigenvalue weighted by molar-refractivity contribution is -0.145. The molecule has 8 heteroatoms. The fourth-order valence-electron chi connectivity index (χ4n) is 1.08. The van der Waals surface area contributed by atoms with Gasteiger partial charge in [-0.3, -0.25) is 4.79 Å². The molecule has 0 fully saturated rings. The number of carbonyl (C=O) groups excluding carboxylic acids is 3. The molecule has 0 aliphatic carbocycles. The van der Waals surface area contributed by atoms with Gasteiger partial charge < -0.3 is 20.1 Å². The highest BCUT2D eigenvalue weighted by Crippen LogP contribution is 2.06. The third-order valence-corrected chi connectivity index (χ3v) is 2.26. The standard InChI is InChI=1S/C13H19IN2O5/c1-9(11(18)20-7-5-6-14)16-10(17)8-15-12(19)21-13(2,3)4/h9H,7-8H2,1-4H3,(H,15,19)(H,16,17)/t9-/m0/s1. The molecule has 0 bridgehead atoms. The van der Waals surface area contributed by atoms with Crippen molar-refractivity contribution in [3.8, 4) is 9.85 Å². The Bertz CT molecular complexity index is 448. The van der Waals surface area contributed by atoms with Crippen LogP contribution in [0.15, 0.2) is 0 Å². The number of rotatable bonds is 5. The van der Waals surface area contributed by atoms with Crippen LogP contribution >= 0.6 is 22.6 Å². The Hall–Kier alpha value is -1.50. The highest BCUT2D eigenvalue weighted by molar-refractivity contribution is 14.1. The minimum absolute atomic E-state index is 0.0296. The zero-order valence-electron chi connectivity index (χ0n) is 12.4. The maximum atomic E-state index is 11.5. The molecule has 0 aromatic carbocycles. The van der Waals surface area contributed by atoms with Crippen molar-refractivity contribution >= 4 is 40.6 Å². The van der Waals surface area contributed by atoms with Crippen molar-refractivity contribution in [3.05, 3.63) is 0 Å². The summed E-state index contributed by atoms with van der Waals surface area (Å²) in [5.74, 6) is 1.44. The van der Waals surface area contributed by atoms with Crippen LogP contribution in [0.1, 0.15) is 27.7 Å². The third-order valence-electron chi connectivity index (χ3n) is 1.88. The van der Waals surface area contributed by atoms with Crippen LogP contribution in [0, 0.1) is 9.85 Å². The molecule has 118 valence electrons. The predicted octanol–water partition coefficient (Wildman–Crippen LogP) is 0.955. The Morgan fingerprint density at radius 3 is 2.43 bits per heavy atom. The van der Waals surface area contributed by atoms with E-state index in [9.17, 15) is 14.4 Å². The molecule has 1 atom stereocenters. The SMILES string of the molecule is C[C@H](NC(=O)CNC(=O)OC(C)(C)C)C(=O)OCC#CI. The number of hydrogen-bond donors (Lipinski definition) is 2. The van der Waals surface area contributed by atoms with Crippen molar-refractivity contribution in [2.24, 2.45) is 0 Å². The summed E-state index contributed by atoms with van der Waals surface area (Å²) in [4.78, 5) is 34.3. The highest BCUT2D eigenvalue weighted by Gasteiger charge is 2.19. The minimum atomic E-state index is -0.825. The molecule has 0 rings (SSSR count). The van der Waals surface area contributed by atoms with Crippen molar-refractivity contribution in [3.63, 3.8) is 0 Å². The number of halogens is 1. The molecule has 7 nitrogen and oxygen atoms in total. The molecule has 21 heavy (non-hydrogen) atoms. The first-order valence-electron chi connectivity index (χ1n) is 6.17. The quantitative estimate of drug-likeness (QED) is 0.400. The number of hydrogen-bond acceptors (Lipinski definition) is 5. The second kappa shape index (κ2) is 9.44. The van der Waals surface area contributed by atoms with Gasteiger partial charge in [-0.05, 0) is 31.6 Å². The summed E-state index contributed by atoms with van der Waals surface area (Å²) in [5.41, 5.74) is -0.642. The van der Waals surface area contributed by atoms with Gasteiger partial charge in [0.05, 0.1) is 0 Å². The van der Waals surface area contributed by atoms with Gasteiger partial charge in [-0.2, -0.15) is 0 Å². The average Bonchev–Trinajstić information content (AvgIpc) is 2.34. The molecule has 0 saturated heterocycles. The molecule has 0 aromatic heterocycles. The molecular formula is C13H19IN2O5. The summed E-state index contributed by atoms with van der Waals surface area (Å²) in [7, 11) is 0. The van der Waals surface area contributed by atoms with Crippen molar-refractivity contribution in [2.75, 3.05) is 13.2 Å². The zero-order chi connectivity index (χ0) is 16.5. The van der Waals surface area contributed by atoms with Gasteiger partial charge in [0.2, 0.25) is 5.91 Å². The summed E-state index contributed by atoms with van der Waals surface area (Å²) in [5, 5.41) is 4.68. The molecule has 0 unspecified atom stereocenters. The van der Waals surface area contributed by atoms with Gasteiger partial charge in [0.15, 0.2) is 6.61 Å². The maximum absolute atomic E-state index is 11.5. The Kier molecular flexibility index (Phi) is 8.76. The van der Waals surface area contributed by atoms with Crippen LogP contribution in [0.3, 0.4) is 0 Å². The van der Waals surface area contributed by atoms with E-state index in [1.54, 1.807) is 20.8 Å². The minimum Gasteiger partial charge on any atom is -0.451 e. The first kappa shape index (κ1) is 19.5.